The first kappa shape index (κ1) is 41.9. The molecule has 1 aliphatic carbocycles. The number of hydrogen-bond donors (Lipinski definition) is 0. The van der Waals surface area contributed by atoms with Gasteiger partial charge in [-0.3, -0.25) is 0 Å². The topological polar surface area (TPSA) is 6.48 Å². The summed E-state index contributed by atoms with van der Waals surface area (Å²) in [5.74, 6) is 0.282. The number of aryl methyl sites for hydroxylation is 1. The van der Waals surface area contributed by atoms with Crippen LogP contribution >= 0.6 is 0 Å². The zero-order valence-corrected chi connectivity index (χ0v) is 37.7. The quantitative estimate of drug-likeness (QED) is 0.107. The average molecular weight is 829 g/mol. The molecule has 0 N–H and O–H groups in total. The van der Waals surface area contributed by atoms with Gasteiger partial charge in [0.05, 0.1) is 0 Å². The summed E-state index contributed by atoms with van der Waals surface area (Å²) in [6.07, 6.45) is 9.28. The molecular weight excluding hydrogens is 773 g/mol. The van der Waals surface area contributed by atoms with Crippen molar-refractivity contribution in [1.29, 1.82) is 0 Å². The second-order valence-corrected chi connectivity index (χ2v) is 17.6. The molecule has 9 rings (SSSR count). The van der Waals surface area contributed by atoms with E-state index >= 15 is 0 Å². The highest BCUT2D eigenvalue weighted by atomic mass is 15.1. The smallest absolute Gasteiger partial charge is 0.0462 e. The molecule has 64 heavy (non-hydrogen) atoms. The lowest BCUT2D eigenvalue weighted by Gasteiger charge is -2.27. The number of benzene rings is 8. The highest BCUT2D eigenvalue weighted by molar-refractivity contribution is 5.92. The molecule has 1 aliphatic rings. The monoisotopic (exact) mass is 828 g/mol. The summed E-state index contributed by atoms with van der Waals surface area (Å²) in [5.41, 5.74) is 21.0. The normalized spacial score (nSPS) is 12.9. The molecule has 0 spiro atoms. The van der Waals surface area contributed by atoms with Crippen LogP contribution in [0.15, 0.2) is 231 Å². The van der Waals surface area contributed by atoms with Crippen LogP contribution < -0.4 is 9.80 Å². The van der Waals surface area contributed by atoms with Gasteiger partial charge in [0.1, 0.15) is 0 Å². The first-order chi connectivity index (χ1) is 31.2. The van der Waals surface area contributed by atoms with Gasteiger partial charge in [0, 0.05) is 39.5 Å². The highest BCUT2D eigenvalue weighted by Gasteiger charge is 2.36. The van der Waals surface area contributed by atoms with Gasteiger partial charge in [0.25, 0.3) is 0 Å². The third kappa shape index (κ3) is 8.16. The van der Waals surface area contributed by atoms with Crippen molar-refractivity contribution >= 4 is 28.4 Å². The van der Waals surface area contributed by atoms with Crippen LogP contribution in [0.1, 0.15) is 61.4 Å². The van der Waals surface area contributed by atoms with Gasteiger partial charge >= 0.3 is 0 Å². The Hall–Kier alpha value is -7.42. The van der Waals surface area contributed by atoms with E-state index in [-0.39, 0.29) is 11.3 Å². The second-order valence-electron chi connectivity index (χ2n) is 17.6. The van der Waals surface area contributed by atoms with E-state index in [0.29, 0.717) is 0 Å². The van der Waals surface area contributed by atoms with Crippen molar-refractivity contribution in [2.75, 3.05) is 9.80 Å². The Balaban J connectivity index is 1.18. The Morgan fingerprint density at radius 3 is 1.64 bits per heavy atom. The lowest BCUT2D eigenvalue weighted by atomic mass is 9.78. The molecule has 2 nitrogen and oxygen atoms in total. The third-order valence-corrected chi connectivity index (χ3v) is 12.7. The van der Waals surface area contributed by atoms with Gasteiger partial charge in [-0.15, -0.1) is 0 Å². The third-order valence-electron chi connectivity index (χ3n) is 12.7. The maximum Gasteiger partial charge on any atom is 0.0462 e. The molecule has 2 heteroatoms. The van der Waals surface area contributed by atoms with E-state index in [0.717, 1.165) is 40.6 Å². The fourth-order valence-electron chi connectivity index (χ4n) is 9.59. The fourth-order valence-corrected chi connectivity index (χ4v) is 9.59. The Kier molecular flexibility index (Phi) is 11.9. The molecule has 0 aromatic heterocycles. The van der Waals surface area contributed by atoms with E-state index in [4.69, 9.17) is 0 Å². The number of fused-ring (bicyclic) bond motifs is 3. The minimum Gasteiger partial charge on any atom is -0.311 e. The number of anilines is 5. The number of rotatable bonds is 13. The molecule has 0 saturated carbocycles. The lowest BCUT2D eigenvalue weighted by molar-refractivity contribution is 0.660. The summed E-state index contributed by atoms with van der Waals surface area (Å²) in [5, 5.41) is 0. The van der Waals surface area contributed by atoms with Crippen molar-refractivity contribution in [3.8, 4) is 33.4 Å². The van der Waals surface area contributed by atoms with Crippen molar-refractivity contribution in [1.82, 2.24) is 0 Å². The molecule has 0 atom stereocenters. The van der Waals surface area contributed by atoms with Gasteiger partial charge < -0.3 is 9.80 Å². The minimum absolute atomic E-state index is 0.110. The summed E-state index contributed by atoms with van der Waals surface area (Å²) in [6.45, 7) is 15.9. The van der Waals surface area contributed by atoms with E-state index in [9.17, 15) is 0 Å². The number of allylic oxidation sites excluding steroid dienone is 4. The summed E-state index contributed by atoms with van der Waals surface area (Å²) in [4.78, 5) is 4.62. The molecule has 0 aliphatic heterocycles. The Labute approximate surface area is 380 Å². The molecule has 0 fully saturated rings. The average Bonchev–Trinajstić information content (AvgIpc) is 3.54. The van der Waals surface area contributed by atoms with Crippen molar-refractivity contribution in [3.05, 3.63) is 259 Å². The van der Waals surface area contributed by atoms with Crippen LogP contribution in [0.25, 0.3) is 33.4 Å². The number of nitrogens with zero attached hydrogens (tertiary/aromatic N) is 2. The summed E-state index contributed by atoms with van der Waals surface area (Å²) < 4.78 is 0. The SMILES string of the molecule is C=C/C=C(\C=C/Cc1cc(-c2ccc(N(c3ccccc3)c3ccccc3)cc2)c(-c2cc3c(cc2C)-c2ccccc2C3(C)C)c(C(C)C)c1)N(c1ccccc1)c1ccccc1. The summed E-state index contributed by atoms with van der Waals surface area (Å²) in [6, 6.07) is 70.4. The minimum atomic E-state index is -0.110. The summed E-state index contributed by atoms with van der Waals surface area (Å²) in [7, 11) is 0. The molecule has 8 aromatic rings. The van der Waals surface area contributed by atoms with Crippen molar-refractivity contribution in [2.24, 2.45) is 0 Å². The van der Waals surface area contributed by atoms with Gasteiger partial charge in [0.2, 0.25) is 0 Å². The molecular formula is C62H56N2. The van der Waals surface area contributed by atoms with Gasteiger partial charge in [-0.05, 0) is 159 Å². The van der Waals surface area contributed by atoms with E-state index in [1.54, 1.807) is 0 Å². The van der Waals surface area contributed by atoms with Crippen LogP contribution in [-0.2, 0) is 11.8 Å². The first-order valence-corrected chi connectivity index (χ1v) is 22.5. The van der Waals surface area contributed by atoms with Gasteiger partial charge in [-0.2, -0.15) is 0 Å². The molecule has 0 unspecified atom stereocenters. The van der Waals surface area contributed by atoms with Gasteiger partial charge in [0.15, 0.2) is 0 Å². The molecule has 0 bridgehead atoms. The molecule has 8 aromatic carbocycles. The van der Waals surface area contributed by atoms with Crippen LogP contribution in [0, 0.1) is 6.92 Å². The molecule has 0 radical (unpaired) electrons. The highest BCUT2D eigenvalue weighted by Crippen LogP contribution is 2.52. The van der Waals surface area contributed by atoms with E-state index in [2.05, 4.69) is 263 Å². The van der Waals surface area contributed by atoms with Crippen LogP contribution in [-0.4, -0.2) is 0 Å². The Morgan fingerprint density at radius 1 is 0.547 bits per heavy atom. The van der Waals surface area contributed by atoms with Crippen LogP contribution in [0.5, 0.6) is 0 Å². The van der Waals surface area contributed by atoms with Crippen molar-refractivity contribution in [3.63, 3.8) is 0 Å². The van der Waals surface area contributed by atoms with E-state index in [1.165, 1.54) is 61.2 Å². The Bertz CT molecular complexity index is 2880. The molecule has 0 amide bonds. The maximum atomic E-state index is 4.11. The van der Waals surface area contributed by atoms with Crippen molar-refractivity contribution in [2.45, 2.75) is 52.4 Å². The fraction of sp³-hybridized carbons (Fsp3) is 0.129. The predicted molar refractivity (Wildman–Crippen MR) is 275 cm³/mol. The predicted octanol–water partition coefficient (Wildman–Crippen LogP) is 17.2. The second kappa shape index (κ2) is 18.1. The number of para-hydroxylation sites is 4. The van der Waals surface area contributed by atoms with Crippen LogP contribution in [0.2, 0.25) is 0 Å². The Morgan fingerprint density at radius 2 is 1.08 bits per heavy atom. The standard InChI is InChI=1S/C62H56N2/c1-7-23-48(63(49-25-12-8-13-26-49)50-27-14-9-15-28-50)33-22-24-46-41-55(44(2)3)61(56-43-60-58(40-45(56)4)54-34-20-21-35-59(54)62(60,5)6)57(42-46)47-36-38-53(39-37-47)64(51-29-16-10-17-30-51)52-31-18-11-19-32-52/h7-23,25-44H,1,24H2,2-6H3/b33-22-,48-23+. The maximum absolute atomic E-state index is 4.11. The zero-order chi connectivity index (χ0) is 44.2. The number of hydrogen-bond acceptors (Lipinski definition) is 2. The molecule has 0 heterocycles. The van der Waals surface area contributed by atoms with Gasteiger partial charge in [-0.25, -0.2) is 0 Å². The molecule has 314 valence electrons. The van der Waals surface area contributed by atoms with E-state index < -0.39 is 0 Å². The largest absolute Gasteiger partial charge is 0.311 e. The summed E-state index contributed by atoms with van der Waals surface area (Å²) >= 11 is 0. The van der Waals surface area contributed by atoms with Gasteiger partial charge in [-0.1, -0.05) is 174 Å². The first-order valence-electron chi connectivity index (χ1n) is 22.5. The van der Waals surface area contributed by atoms with Crippen LogP contribution in [0.4, 0.5) is 28.4 Å². The van der Waals surface area contributed by atoms with Crippen LogP contribution in [0.3, 0.4) is 0 Å². The lowest BCUT2D eigenvalue weighted by Crippen LogP contribution is -2.15. The molecule has 0 saturated heterocycles. The zero-order valence-electron chi connectivity index (χ0n) is 37.7. The van der Waals surface area contributed by atoms with Crippen molar-refractivity contribution < 1.29 is 0 Å². The van der Waals surface area contributed by atoms with E-state index in [1.807, 2.05) is 6.08 Å².